The van der Waals surface area contributed by atoms with Crippen molar-refractivity contribution in [1.82, 2.24) is 29.9 Å². The number of anilines is 1. The largest absolute Gasteiger partial charge is 0.486 e. The second kappa shape index (κ2) is 11.6. The summed E-state index contributed by atoms with van der Waals surface area (Å²) in [6, 6.07) is 12.2. The van der Waals surface area contributed by atoms with Gasteiger partial charge in [-0.15, -0.1) is 21.5 Å². The number of aromatic nitrogens is 5. The third-order valence-corrected chi connectivity index (χ3v) is 7.91. The molecule has 0 unspecified atom stereocenters. The Balaban J connectivity index is 1.19. The van der Waals surface area contributed by atoms with Crippen molar-refractivity contribution in [3.63, 3.8) is 0 Å². The van der Waals surface area contributed by atoms with E-state index in [4.69, 9.17) is 14.5 Å². The molecule has 43 heavy (non-hydrogen) atoms. The van der Waals surface area contributed by atoms with E-state index in [-0.39, 0.29) is 12.7 Å². The molecule has 1 aliphatic heterocycles. The SMILES string of the molecule is Cn1cc(-c2nnc(-c3ccc(F)cc3OCc3cccc(N4CCN(C(=O)OC(C)(C)C)CC4)n3)c3sccc23)cn1. The molecule has 1 aliphatic rings. The molecule has 1 aromatic carbocycles. The van der Waals surface area contributed by atoms with Crippen LogP contribution in [0.15, 0.2) is 60.2 Å². The molecule has 5 heterocycles. The number of amides is 1. The highest BCUT2D eigenvalue weighted by Crippen LogP contribution is 2.39. The van der Waals surface area contributed by atoms with E-state index in [1.165, 1.54) is 12.1 Å². The first kappa shape index (κ1) is 28.5. The predicted molar refractivity (Wildman–Crippen MR) is 164 cm³/mol. The zero-order valence-electron chi connectivity index (χ0n) is 24.5. The molecule has 0 bridgehead atoms. The van der Waals surface area contributed by atoms with Crippen LogP contribution < -0.4 is 9.64 Å². The molecule has 6 rings (SSSR count). The third kappa shape index (κ3) is 6.29. The number of rotatable bonds is 6. The average Bonchev–Trinajstić information content (AvgIpc) is 3.65. The van der Waals surface area contributed by atoms with E-state index in [9.17, 15) is 9.18 Å². The molecule has 0 aliphatic carbocycles. The number of aryl methyl sites for hydroxylation is 1. The summed E-state index contributed by atoms with van der Waals surface area (Å²) < 4.78 is 28.8. The maximum atomic E-state index is 14.4. The first-order chi connectivity index (χ1) is 20.6. The van der Waals surface area contributed by atoms with Gasteiger partial charge in [-0.3, -0.25) is 4.68 Å². The topological polar surface area (TPSA) is 98.5 Å². The molecule has 1 fully saturated rings. The minimum absolute atomic E-state index is 0.136. The van der Waals surface area contributed by atoms with Crippen LogP contribution in [0.2, 0.25) is 0 Å². The summed E-state index contributed by atoms with van der Waals surface area (Å²) in [4.78, 5) is 21.1. The summed E-state index contributed by atoms with van der Waals surface area (Å²) in [6.07, 6.45) is 3.36. The smallest absolute Gasteiger partial charge is 0.410 e. The van der Waals surface area contributed by atoms with Crippen molar-refractivity contribution < 1.29 is 18.7 Å². The van der Waals surface area contributed by atoms with E-state index in [0.717, 1.165) is 27.2 Å². The Hall–Kier alpha value is -4.58. The van der Waals surface area contributed by atoms with Gasteiger partial charge in [0.2, 0.25) is 0 Å². The number of fused-ring (bicyclic) bond motifs is 1. The summed E-state index contributed by atoms with van der Waals surface area (Å²) in [6.45, 7) is 8.08. The standard InChI is InChI=1S/C31H32FN7O3S/c1-31(2,3)42-30(40)39-13-11-38(12-14-39)26-7-5-6-22(34-26)19-41-25-16-21(32)8-9-23(25)28-29-24(10-15-43-29)27(35-36-28)20-17-33-37(4)18-20/h5-10,15-18H,11-14,19H2,1-4H3. The van der Waals surface area contributed by atoms with Crippen LogP contribution in [0.3, 0.4) is 0 Å². The molecule has 4 aromatic heterocycles. The highest BCUT2D eigenvalue weighted by molar-refractivity contribution is 7.17. The van der Waals surface area contributed by atoms with Crippen molar-refractivity contribution in [2.24, 2.45) is 7.05 Å². The number of hydrogen-bond donors (Lipinski definition) is 0. The van der Waals surface area contributed by atoms with E-state index >= 15 is 0 Å². The van der Waals surface area contributed by atoms with Crippen LogP contribution in [-0.2, 0) is 18.4 Å². The number of hydrogen-bond acceptors (Lipinski definition) is 9. The van der Waals surface area contributed by atoms with Gasteiger partial charge in [-0.1, -0.05) is 6.07 Å². The molecule has 222 valence electrons. The Morgan fingerprint density at radius 3 is 2.58 bits per heavy atom. The fourth-order valence-corrected chi connectivity index (χ4v) is 5.84. The summed E-state index contributed by atoms with van der Waals surface area (Å²) in [7, 11) is 1.86. The zero-order valence-corrected chi connectivity index (χ0v) is 25.3. The molecular formula is C31H32FN7O3S. The zero-order chi connectivity index (χ0) is 30.1. The van der Waals surface area contributed by atoms with Crippen molar-refractivity contribution in [3.05, 3.63) is 71.7 Å². The van der Waals surface area contributed by atoms with Crippen molar-refractivity contribution >= 4 is 33.3 Å². The van der Waals surface area contributed by atoms with Gasteiger partial charge >= 0.3 is 6.09 Å². The van der Waals surface area contributed by atoms with Crippen molar-refractivity contribution in [2.45, 2.75) is 33.0 Å². The van der Waals surface area contributed by atoms with Gasteiger partial charge in [0, 0.05) is 62.0 Å². The number of carbonyl (C=O) groups excluding carboxylic acids is 1. The quantitative estimate of drug-likeness (QED) is 0.236. The van der Waals surface area contributed by atoms with Crippen LogP contribution in [0.25, 0.3) is 32.6 Å². The van der Waals surface area contributed by atoms with Crippen molar-refractivity contribution in [3.8, 4) is 28.3 Å². The number of nitrogens with zero attached hydrogens (tertiary/aromatic N) is 7. The van der Waals surface area contributed by atoms with Crippen LogP contribution >= 0.6 is 11.3 Å². The molecule has 0 atom stereocenters. The summed E-state index contributed by atoms with van der Waals surface area (Å²) in [5.74, 6) is 0.739. The molecular weight excluding hydrogens is 569 g/mol. The highest BCUT2D eigenvalue weighted by Gasteiger charge is 2.26. The van der Waals surface area contributed by atoms with Gasteiger partial charge < -0.3 is 19.3 Å². The van der Waals surface area contributed by atoms with Crippen LogP contribution in [0.1, 0.15) is 26.5 Å². The lowest BCUT2D eigenvalue weighted by Gasteiger charge is -2.36. The Morgan fingerprint density at radius 2 is 1.84 bits per heavy atom. The Morgan fingerprint density at radius 1 is 1.05 bits per heavy atom. The van der Waals surface area contributed by atoms with E-state index in [1.54, 1.807) is 33.2 Å². The molecule has 1 saturated heterocycles. The molecule has 0 radical (unpaired) electrons. The molecule has 1 amide bonds. The van der Waals surface area contributed by atoms with Crippen molar-refractivity contribution in [2.75, 3.05) is 31.1 Å². The highest BCUT2D eigenvalue weighted by atomic mass is 32.1. The molecule has 10 nitrogen and oxygen atoms in total. The first-order valence-corrected chi connectivity index (χ1v) is 14.9. The van der Waals surface area contributed by atoms with Gasteiger partial charge in [-0.2, -0.15) is 5.10 Å². The molecule has 0 saturated carbocycles. The summed E-state index contributed by atoms with van der Waals surface area (Å²) in [5, 5.41) is 16.3. The second-order valence-corrected chi connectivity index (χ2v) is 12.3. The number of halogens is 1. The Bertz CT molecular complexity index is 1770. The normalized spacial score (nSPS) is 13.9. The molecule has 12 heteroatoms. The van der Waals surface area contributed by atoms with Gasteiger partial charge in [-0.05, 0) is 56.5 Å². The minimum atomic E-state index is -0.530. The van der Waals surface area contributed by atoms with Crippen LogP contribution in [-0.4, -0.2) is 67.7 Å². The Labute approximate surface area is 252 Å². The molecule has 0 spiro atoms. The fraction of sp³-hybridized carbons (Fsp3) is 0.323. The van der Waals surface area contributed by atoms with Gasteiger partial charge in [0.1, 0.15) is 41.0 Å². The van der Waals surface area contributed by atoms with Crippen molar-refractivity contribution in [1.29, 1.82) is 0 Å². The van der Waals surface area contributed by atoms with Gasteiger partial charge in [0.25, 0.3) is 0 Å². The molecule has 0 N–H and O–H groups in total. The summed E-state index contributed by atoms with van der Waals surface area (Å²) in [5.41, 5.74) is 3.05. The van der Waals surface area contributed by atoms with E-state index < -0.39 is 11.4 Å². The number of benzene rings is 1. The monoisotopic (exact) mass is 601 g/mol. The number of pyridine rings is 1. The second-order valence-electron chi connectivity index (χ2n) is 11.3. The van der Waals surface area contributed by atoms with E-state index in [2.05, 4.69) is 20.2 Å². The fourth-order valence-electron chi connectivity index (χ4n) is 4.94. The maximum absolute atomic E-state index is 14.4. The predicted octanol–water partition coefficient (Wildman–Crippen LogP) is 5.93. The number of ether oxygens (including phenoxy) is 2. The number of carbonyl (C=O) groups is 1. The summed E-state index contributed by atoms with van der Waals surface area (Å²) >= 11 is 1.54. The first-order valence-electron chi connectivity index (χ1n) is 14.0. The number of piperazine rings is 1. The lowest BCUT2D eigenvalue weighted by molar-refractivity contribution is 0.0240. The van der Waals surface area contributed by atoms with Gasteiger partial charge in [0.15, 0.2) is 0 Å². The lowest BCUT2D eigenvalue weighted by Crippen LogP contribution is -2.50. The van der Waals surface area contributed by atoms with E-state index in [1.807, 2.05) is 63.7 Å². The van der Waals surface area contributed by atoms with Crippen LogP contribution in [0, 0.1) is 5.82 Å². The molecule has 5 aromatic rings. The Kier molecular flexibility index (Phi) is 7.70. The van der Waals surface area contributed by atoms with E-state index in [0.29, 0.717) is 48.9 Å². The average molecular weight is 602 g/mol. The van der Waals surface area contributed by atoms with Gasteiger partial charge in [-0.25, -0.2) is 14.2 Å². The third-order valence-electron chi connectivity index (χ3n) is 6.99. The maximum Gasteiger partial charge on any atom is 0.410 e. The number of thiophene rings is 1. The van der Waals surface area contributed by atoms with Crippen LogP contribution in [0.5, 0.6) is 5.75 Å². The van der Waals surface area contributed by atoms with Gasteiger partial charge in [0.05, 0.1) is 16.6 Å². The lowest BCUT2D eigenvalue weighted by atomic mass is 10.1. The van der Waals surface area contributed by atoms with Crippen LogP contribution in [0.4, 0.5) is 15.0 Å². The minimum Gasteiger partial charge on any atom is -0.486 e.